The van der Waals surface area contributed by atoms with E-state index >= 15 is 0 Å². The molecule has 0 unspecified atom stereocenters. The van der Waals surface area contributed by atoms with E-state index in [0.717, 1.165) is 28.1 Å². The maximum absolute atomic E-state index is 13.1. The number of para-hydroxylation sites is 1. The summed E-state index contributed by atoms with van der Waals surface area (Å²) in [6.45, 7) is 0. The molecule has 2 aliphatic heterocycles. The van der Waals surface area contributed by atoms with E-state index < -0.39 is 0 Å². The van der Waals surface area contributed by atoms with Gasteiger partial charge >= 0.3 is 5.97 Å². The van der Waals surface area contributed by atoms with E-state index in [0.29, 0.717) is 5.57 Å². The summed E-state index contributed by atoms with van der Waals surface area (Å²) in [7, 11) is 1.44. The van der Waals surface area contributed by atoms with Crippen LogP contribution in [0.2, 0.25) is 0 Å². The highest BCUT2D eigenvalue weighted by atomic mass is 16.5. The predicted octanol–water partition coefficient (Wildman–Crippen LogP) is 5.03. The minimum atomic E-state index is -0.317. The summed E-state index contributed by atoms with van der Waals surface area (Å²) < 4.78 is 5.26. The van der Waals surface area contributed by atoms with Crippen molar-refractivity contribution in [3.8, 4) is 0 Å². The molecule has 1 atom stereocenters. The number of ether oxygens (including phenoxy) is 1. The number of hydrazine groups is 1. The Kier molecular flexibility index (Phi) is 4.17. The first-order valence-electron chi connectivity index (χ1n) is 9.58. The smallest absolute Gasteiger partial charge is 0.338 e. The number of nitrogens with zero attached hydrogens (tertiary/aromatic N) is 2. The Labute approximate surface area is 169 Å². The number of methoxy groups -OCH3 is 1. The molecule has 0 radical (unpaired) electrons. The maximum Gasteiger partial charge on any atom is 0.338 e. The first-order valence-corrected chi connectivity index (χ1v) is 9.58. The maximum atomic E-state index is 13.1. The lowest BCUT2D eigenvalue weighted by Gasteiger charge is -2.37. The summed E-state index contributed by atoms with van der Waals surface area (Å²) in [4.78, 5) is 13.1. The zero-order chi connectivity index (χ0) is 19.8. The van der Waals surface area contributed by atoms with Crippen LogP contribution in [0, 0.1) is 0 Å². The zero-order valence-electron chi connectivity index (χ0n) is 16.0. The number of hydrogen-bond donors (Lipinski definition) is 0. The van der Waals surface area contributed by atoms with Crippen LogP contribution in [-0.4, -0.2) is 18.1 Å². The van der Waals surface area contributed by atoms with Gasteiger partial charge < -0.3 is 4.74 Å². The predicted molar refractivity (Wildman–Crippen MR) is 114 cm³/mol. The van der Waals surface area contributed by atoms with Gasteiger partial charge in [0.2, 0.25) is 0 Å². The lowest BCUT2D eigenvalue weighted by molar-refractivity contribution is -0.136. The molecule has 0 bridgehead atoms. The Morgan fingerprint density at radius 3 is 2.24 bits per heavy atom. The molecule has 3 aromatic rings. The number of carbonyl (C=O) groups is 1. The number of fused-ring (bicyclic) bond motifs is 3. The SMILES string of the molecule is COC(=O)C1=C(c2ccccc2)N(c2ccccc2)N2C=Cc3ccccc3[C@H]12. The zero-order valence-corrected chi connectivity index (χ0v) is 16.0. The van der Waals surface area contributed by atoms with Gasteiger partial charge in [0.25, 0.3) is 0 Å². The van der Waals surface area contributed by atoms with E-state index in [4.69, 9.17) is 4.74 Å². The van der Waals surface area contributed by atoms with Crippen molar-refractivity contribution in [1.82, 2.24) is 5.01 Å². The molecule has 2 heterocycles. The molecule has 4 nitrogen and oxygen atoms in total. The van der Waals surface area contributed by atoms with Gasteiger partial charge in [-0.25, -0.2) is 4.79 Å². The van der Waals surface area contributed by atoms with Gasteiger partial charge in [0.1, 0.15) is 6.04 Å². The number of benzene rings is 3. The van der Waals surface area contributed by atoms with Crippen LogP contribution in [0.3, 0.4) is 0 Å². The Hall–Kier alpha value is -3.79. The Morgan fingerprint density at radius 2 is 1.52 bits per heavy atom. The monoisotopic (exact) mass is 380 g/mol. The molecular weight excluding hydrogens is 360 g/mol. The summed E-state index contributed by atoms with van der Waals surface area (Å²) in [6, 6.07) is 28.0. The molecule has 142 valence electrons. The third-order valence-electron chi connectivity index (χ3n) is 5.39. The second kappa shape index (κ2) is 6.99. The standard InChI is InChI=1S/C25H20N2O2/c1-29-25(28)22-23(19-11-4-2-5-12-19)27(20-13-6-3-7-14-20)26-17-16-18-10-8-9-15-21(18)24(22)26/h2-17,24H,1H3/t24-/m1/s1. The Bertz CT molecular complexity index is 1120. The van der Waals surface area contributed by atoms with E-state index in [1.165, 1.54) is 7.11 Å². The minimum Gasteiger partial charge on any atom is -0.466 e. The van der Waals surface area contributed by atoms with Gasteiger partial charge in [-0.05, 0) is 29.3 Å². The van der Waals surface area contributed by atoms with Gasteiger partial charge in [0, 0.05) is 11.8 Å². The van der Waals surface area contributed by atoms with Crippen molar-refractivity contribution in [1.29, 1.82) is 0 Å². The molecule has 0 amide bonds. The van der Waals surface area contributed by atoms with Crippen LogP contribution >= 0.6 is 0 Å². The third-order valence-corrected chi connectivity index (χ3v) is 5.39. The van der Waals surface area contributed by atoms with Crippen LogP contribution in [-0.2, 0) is 9.53 Å². The Morgan fingerprint density at radius 1 is 0.862 bits per heavy atom. The number of rotatable bonds is 3. The van der Waals surface area contributed by atoms with Crippen molar-refractivity contribution in [3.05, 3.63) is 113 Å². The van der Waals surface area contributed by atoms with Crippen molar-refractivity contribution < 1.29 is 9.53 Å². The van der Waals surface area contributed by atoms with Crippen molar-refractivity contribution in [2.45, 2.75) is 6.04 Å². The van der Waals surface area contributed by atoms with Gasteiger partial charge in [-0.3, -0.25) is 10.0 Å². The fourth-order valence-corrected chi connectivity index (χ4v) is 4.15. The molecule has 0 N–H and O–H groups in total. The van der Waals surface area contributed by atoms with Crippen molar-refractivity contribution in [3.63, 3.8) is 0 Å². The van der Waals surface area contributed by atoms with E-state index in [9.17, 15) is 4.79 Å². The van der Waals surface area contributed by atoms with Crippen LogP contribution in [0.5, 0.6) is 0 Å². The molecule has 0 saturated heterocycles. The number of esters is 1. The van der Waals surface area contributed by atoms with Gasteiger partial charge in [-0.15, -0.1) is 0 Å². The molecule has 5 rings (SSSR count). The third kappa shape index (κ3) is 2.72. The number of anilines is 1. The van der Waals surface area contributed by atoms with Gasteiger partial charge in [0.05, 0.1) is 24.1 Å². The second-order valence-corrected chi connectivity index (χ2v) is 6.99. The lowest BCUT2D eigenvalue weighted by atomic mass is 9.91. The Balaban J connectivity index is 1.82. The summed E-state index contributed by atoms with van der Waals surface area (Å²) in [5.74, 6) is -0.317. The average molecular weight is 380 g/mol. The summed E-state index contributed by atoms with van der Waals surface area (Å²) in [6.07, 6.45) is 4.13. The van der Waals surface area contributed by atoms with Crippen LogP contribution in [0.4, 0.5) is 5.69 Å². The summed E-state index contributed by atoms with van der Waals surface area (Å²) >= 11 is 0. The first kappa shape index (κ1) is 17.3. The largest absolute Gasteiger partial charge is 0.466 e. The average Bonchev–Trinajstić information content (AvgIpc) is 3.15. The quantitative estimate of drug-likeness (QED) is 0.597. The highest BCUT2D eigenvalue weighted by Crippen LogP contribution is 2.49. The van der Waals surface area contributed by atoms with Gasteiger partial charge in [-0.1, -0.05) is 72.8 Å². The van der Waals surface area contributed by atoms with Crippen LogP contribution < -0.4 is 5.01 Å². The molecule has 0 spiro atoms. The number of carbonyl (C=O) groups excluding carboxylic acids is 1. The molecule has 0 fully saturated rings. The van der Waals surface area contributed by atoms with Crippen molar-refractivity contribution in [2.75, 3.05) is 12.1 Å². The molecule has 2 aliphatic rings. The van der Waals surface area contributed by atoms with E-state index in [1.54, 1.807) is 0 Å². The topological polar surface area (TPSA) is 32.8 Å². The molecule has 29 heavy (non-hydrogen) atoms. The first-order chi connectivity index (χ1) is 14.3. The van der Waals surface area contributed by atoms with Crippen LogP contribution in [0.15, 0.2) is 96.7 Å². The van der Waals surface area contributed by atoms with E-state index in [-0.39, 0.29) is 12.0 Å². The van der Waals surface area contributed by atoms with Crippen molar-refractivity contribution >= 4 is 23.4 Å². The molecule has 4 heteroatoms. The van der Waals surface area contributed by atoms with Gasteiger partial charge in [-0.2, -0.15) is 0 Å². The normalized spacial score (nSPS) is 17.2. The molecule has 3 aromatic carbocycles. The fourth-order valence-electron chi connectivity index (χ4n) is 4.15. The molecule has 0 saturated carbocycles. The highest BCUT2D eigenvalue weighted by Gasteiger charge is 2.45. The van der Waals surface area contributed by atoms with Crippen LogP contribution in [0.25, 0.3) is 11.8 Å². The summed E-state index contributed by atoms with van der Waals surface area (Å²) in [5, 5.41) is 4.23. The summed E-state index contributed by atoms with van der Waals surface area (Å²) in [5.41, 5.74) is 5.63. The van der Waals surface area contributed by atoms with Crippen LogP contribution in [0.1, 0.15) is 22.7 Å². The van der Waals surface area contributed by atoms with E-state index in [2.05, 4.69) is 40.4 Å². The molecular formula is C25H20N2O2. The van der Waals surface area contributed by atoms with E-state index in [1.807, 2.05) is 66.9 Å². The van der Waals surface area contributed by atoms with Crippen molar-refractivity contribution in [2.24, 2.45) is 0 Å². The second-order valence-electron chi connectivity index (χ2n) is 6.99. The number of hydrogen-bond acceptors (Lipinski definition) is 4. The molecule has 0 aliphatic carbocycles. The highest BCUT2D eigenvalue weighted by molar-refractivity contribution is 6.04. The fraction of sp³-hybridized carbons (Fsp3) is 0.0800. The van der Waals surface area contributed by atoms with Gasteiger partial charge in [0.15, 0.2) is 0 Å². The minimum absolute atomic E-state index is 0.251. The molecule has 0 aromatic heterocycles. The lowest BCUT2D eigenvalue weighted by Crippen LogP contribution is -2.36.